The van der Waals surface area contributed by atoms with Crippen LogP contribution in [0.25, 0.3) is 0 Å². The minimum atomic E-state index is -4.08. The Kier molecular flexibility index (Phi) is 5.89. The quantitative estimate of drug-likeness (QED) is 0.366. The molecule has 1 amide bonds. The summed E-state index contributed by atoms with van der Waals surface area (Å²) in [5.74, 6) is -0.884. The summed E-state index contributed by atoms with van der Waals surface area (Å²) in [4.78, 5) is 11.7. The summed E-state index contributed by atoms with van der Waals surface area (Å²) in [7, 11) is -4.08. The molecule has 0 heterocycles. The van der Waals surface area contributed by atoms with Gasteiger partial charge >= 0.3 is 10.1 Å². The van der Waals surface area contributed by atoms with Crippen LogP contribution in [0.4, 0.5) is 4.39 Å². The highest BCUT2D eigenvalue weighted by Crippen LogP contribution is 2.19. The summed E-state index contributed by atoms with van der Waals surface area (Å²) in [6.45, 7) is 0. The highest BCUT2D eigenvalue weighted by atomic mass is 32.2. The van der Waals surface area contributed by atoms with Gasteiger partial charge in [-0.05, 0) is 78.4 Å². The van der Waals surface area contributed by atoms with Gasteiger partial charge in [-0.1, -0.05) is 0 Å². The van der Waals surface area contributed by atoms with Gasteiger partial charge in [0.15, 0.2) is 0 Å². The van der Waals surface area contributed by atoms with E-state index in [0.717, 1.165) is 24.3 Å². The molecule has 29 heavy (non-hydrogen) atoms. The van der Waals surface area contributed by atoms with E-state index in [2.05, 4.69) is 10.5 Å². The Morgan fingerprint density at radius 1 is 0.966 bits per heavy atom. The van der Waals surface area contributed by atoms with E-state index < -0.39 is 21.8 Å². The normalized spacial score (nSPS) is 11.3. The molecule has 0 saturated heterocycles. The van der Waals surface area contributed by atoms with Crippen molar-refractivity contribution in [1.82, 2.24) is 5.43 Å². The first-order valence-corrected chi connectivity index (χ1v) is 9.67. The summed E-state index contributed by atoms with van der Waals surface area (Å²) >= 11 is 0. The third-order valence-electron chi connectivity index (χ3n) is 3.70. The lowest BCUT2D eigenvalue weighted by molar-refractivity contribution is 0.0955. The number of rotatable bonds is 6. The number of phenolic OH excluding ortho intramolecular Hbond substituents is 1. The predicted octanol–water partition coefficient (Wildman–Crippen LogP) is 3.06. The highest BCUT2D eigenvalue weighted by Gasteiger charge is 2.16. The van der Waals surface area contributed by atoms with Crippen molar-refractivity contribution in [2.45, 2.75) is 4.90 Å². The number of amides is 1. The van der Waals surface area contributed by atoms with Crippen molar-refractivity contribution in [3.05, 3.63) is 89.7 Å². The smallest absolute Gasteiger partial charge is 0.339 e. The third kappa shape index (κ3) is 5.39. The number of hydrogen-bond donors (Lipinski definition) is 2. The maximum atomic E-state index is 12.9. The minimum absolute atomic E-state index is 0.0498. The van der Waals surface area contributed by atoms with Crippen LogP contribution < -0.4 is 9.61 Å². The van der Waals surface area contributed by atoms with E-state index in [4.69, 9.17) is 4.18 Å². The lowest BCUT2D eigenvalue weighted by Gasteiger charge is -2.07. The molecule has 0 aliphatic heterocycles. The first-order chi connectivity index (χ1) is 13.8. The SMILES string of the molecule is O=C(N/N=C\c1ccc(OS(=O)(=O)c2ccc(F)cc2)cc1)c1ccc(O)cc1. The number of aromatic hydroxyl groups is 1. The van der Waals surface area contributed by atoms with Gasteiger partial charge in [-0.2, -0.15) is 13.5 Å². The maximum Gasteiger partial charge on any atom is 0.339 e. The van der Waals surface area contributed by atoms with Crippen LogP contribution in [0.2, 0.25) is 0 Å². The molecule has 7 nitrogen and oxygen atoms in total. The average Bonchev–Trinajstić information content (AvgIpc) is 2.70. The Balaban J connectivity index is 1.61. The molecule has 0 saturated carbocycles. The molecule has 0 aromatic heterocycles. The molecule has 9 heteroatoms. The van der Waals surface area contributed by atoms with E-state index in [0.29, 0.717) is 11.1 Å². The second kappa shape index (κ2) is 8.53. The van der Waals surface area contributed by atoms with Crippen LogP contribution in [0.5, 0.6) is 11.5 Å². The van der Waals surface area contributed by atoms with Crippen LogP contribution in [-0.2, 0) is 10.1 Å². The van der Waals surface area contributed by atoms with Crippen LogP contribution in [0, 0.1) is 5.82 Å². The number of halogens is 1. The zero-order valence-electron chi connectivity index (χ0n) is 14.8. The van der Waals surface area contributed by atoms with Crippen molar-refractivity contribution in [1.29, 1.82) is 0 Å². The zero-order valence-corrected chi connectivity index (χ0v) is 15.6. The number of benzene rings is 3. The number of phenols is 1. The second-order valence-electron chi connectivity index (χ2n) is 5.81. The van der Waals surface area contributed by atoms with Gasteiger partial charge in [0.1, 0.15) is 22.2 Å². The maximum absolute atomic E-state index is 12.9. The van der Waals surface area contributed by atoms with E-state index in [-0.39, 0.29) is 16.4 Å². The van der Waals surface area contributed by atoms with Crippen LogP contribution in [0.3, 0.4) is 0 Å². The molecule has 0 spiro atoms. The first kappa shape index (κ1) is 20.0. The van der Waals surface area contributed by atoms with Gasteiger partial charge in [0.25, 0.3) is 5.91 Å². The summed E-state index contributed by atoms with van der Waals surface area (Å²) < 4.78 is 42.3. The monoisotopic (exact) mass is 414 g/mol. The molecule has 0 aliphatic rings. The van der Waals surface area contributed by atoms with Crippen molar-refractivity contribution < 1.29 is 26.9 Å². The number of hydrazone groups is 1. The number of nitrogens with one attached hydrogen (secondary N) is 1. The van der Waals surface area contributed by atoms with Crippen molar-refractivity contribution in [3.63, 3.8) is 0 Å². The molecule has 148 valence electrons. The lowest BCUT2D eigenvalue weighted by atomic mass is 10.2. The Morgan fingerprint density at radius 3 is 2.21 bits per heavy atom. The second-order valence-corrected chi connectivity index (χ2v) is 7.35. The number of carbonyl (C=O) groups is 1. The van der Waals surface area contributed by atoms with Gasteiger partial charge in [-0.15, -0.1) is 0 Å². The summed E-state index contributed by atoms with van der Waals surface area (Å²) in [5, 5.41) is 13.0. The zero-order chi connectivity index (χ0) is 20.9. The lowest BCUT2D eigenvalue weighted by Crippen LogP contribution is -2.17. The van der Waals surface area contributed by atoms with Gasteiger partial charge < -0.3 is 9.29 Å². The summed E-state index contributed by atoms with van der Waals surface area (Å²) in [6, 6.07) is 15.9. The van der Waals surface area contributed by atoms with Crippen LogP contribution in [-0.4, -0.2) is 25.6 Å². The fourth-order valence-electron chi connectivity index (χ4n) is 2.23. The molecule has 3 aromatic rings. The fourth-order valence-corrected chi connectivity index (χ4v) is 3.16. The molecular weight excluding hydrogens is 399 g/mol. The molecular formula is C20H15FN2O5S. The largest absolute Gasteiger partial charge is 0.508 e. The van der Waals surface area contributed by atoms with Crippen LogP contribution in [0.15, 0.2) is 82.8 Å². The molecule has 0 fully saturated rings. The summed E-state index contributed by atoms with van der Waals surface area (Å²) in [5.41, 5.74) is 3.25. The third-order valence-corrected chi connectivity index (χ3v) is 4.96. The Labute approximate surface area is 166 Å². The molecule has 0 radical (unpaired) electrons. The molecule has 0 bridgehead atoms. The van der Waals surface area contributed by atoms with Crippen molar-refractivity contribution in [2.75, 3.05) is 0 Å². The fraction of sp³-hybridized carbons (Fsp3) is 0. The first-order valence-electron chi connectivity index (χ1n) is 8.26. The van der Waals surface area contributed by atoms with Crippen molar-refractivity contribution in [2.24, 2.45) is 5.10 Å². The van der Waals surface area contributed by atoms with Gasteiger partial charge in [-0.3, -0.25) is 4.79 Å². The van der Waals surface area contributed by atoms with Gasteiger partial charge in [-0.25, -0.2) is 9.82 Å². The van der Waals surface area contributed by atoms with Gasteiger partial charge in [0, 0.05) is 5.56 Å². The summed E-state index contributed by atoms with van der Waals surface area (Å²) in [6.07, 6.45) is 1.37. The van der Waals surface area contributed by atoms with E-state index in [1.165, 1.54) is 42.6 Å². The highest BCUT2D eigenvalue weighted by molar-refractivity contribution is 7.87. The predicted molar refractivity (Wildman–Crippen MR) is 104 cm³/mol. The molecule has 0 aliphatic carbocycles. The molecule has 0 atom stereocenters. The van der Waals surface area contributed by atoms with Gasteiger partial charge in [0.05, 0.1) is 6.21 Å². The topological polar surface area (TPSA) is 105 Å². The Hall–Kier alpha value is -3.72. The van der Waals surface area contributed by atoms with Gasteiger partial charge in [0.2, 0.25) is 0 Å². The standard InChI is InChI=1S/C20H15FN2O5S/c21-16-5-11-19(12-6-16)29(26,27)28-18-9-1-14(2-10-18)13-22-23-20(25)15-3-7-17(24)8-4-15/h1-13,24H,(H,23,25)/b22-13-. The van der Waals surface area contributed by atoms with E-state index in [1.54, 1.807) is 12.1 Å². The van der Waals surface area contributed by atoms with E-state index in [9.17, 15) is 22.7 Å². The molecule has 0 unspecified atom stereocenters. The van der Waals surface area contributed by atoms with E-state index >= 15 is 0 Å². The van der Waals surface area contributed by atoms with Crippen LogP contribution >= 0.6 is 0 Å². The van der Waals surface area contributed by atoms with Crippen LogP contribution in [0.1, 0.15) is 15.9 Å². The number of nitrogens with zero attached hydrogens (tertiary/aromatic N) is 1. The number of hydrogen-bond acceptors (Lipinski definition) is 6. The van der Waals surface area contributed by atoms with E-state index in [1.807, 2.05) is 0 Å². The molecule has 3 rings (SSSR count). The minimum Gasteiger partial charge on any atom is -0.508 e. The van der Waals surface area contributed by atoms with Crippen molar-refractivity contribution >= 4 is 22.2 Å². The Morgan fingerprint density at radius 2 is 1.59 bits per heavy atom. The number of carbonyl (C=O) groups excluding carboxylic acids is 1. The molecule has 3 aromatic carbocycles. The Bertz CT molecular complexity index is 1130. The molecule has 2 N–H and O–H groups in total. The van der Waals surface area contributed by atoms with Crippen molar-refractivity contribution in [3.8, 4) is 11.5 Å². The average molecular weight is 414 g/mol.